The van der Waals surface area contributed by atoms with Crippen molar-refractivity contribution >= 4 is 12.3 Å². The number of hydrogen-bond donors (Lipinski definition) is 0. The minimum Gasteiger partial charge on any atom is -0.438 e. The molecule has 0 fully saturated rings. The molecular formula is C10H14O6. The van der Waals surface area contributed by atoms with Gasteiger partial charge < -0.3 is 18.9 Å². The van der Waals surface area contributed by atoms with Crippen molar-refractivity contribution in [3.05, 3.63) is 12.2 Å². The van der Waals surface area contributed by atoms with Gasteiger partial charge in [-0.2, -0.15) is 0 Å². The van der Waals surface area contributed by atoms with Gasteiger partial charge in [-0.25, -0.2) is 9.59 Å². The van der Waals surface area contributed by atoms with Crippen LogP contribution in [0.3, 0.4) is 0 Å². The van der Waals surface area contributed by atoms with Crippen LogP contribution in [0.25, 0.3) is 0 Å². The SMILES string of the molecule is COC(=O)OC[C@@H]1C=C[C@H](OC(=O)OC)C1. The highest BCUT2D eigenvalue weighted by Crippen LogP contribution is 2.21. The van der Waals surface area contributed by atoms with E-state index in [-0.39, 0.29) is 18.6 Å². The molecule has 0 amide bonds. The molecule has 0 aromatic carbocycles. The second kappa shape index (κ2) is 5.99. The van der Waals surface area contributed by atoms with Crippen molar-refractivity contribution in [3.63, 3.8) is 0 Å². The summed E-state index contributed by atoms with van der Waals surface area (Å²) >= 11 is 0. The van der Waals surface area contributed by atoms with Gasteiger partial charge in [0, 0.05) is 5.92 Å². The Hall–Kier alpha value is -1.72. The fourth-order valence-electron chi connectivity index (χ4n) is 1.35. The lowest BCUT2D eigenvalue weighted by molar-refractivity contribution is 0.0404. The molecule has 0 heterocycles. The standard InChI is InChI=1S/C10H14O6/c1-13-9(11)15-6-7-3-4-8(5-7)16-10(12)14-2/h3-4,7-8H,5-6H2,1-2H3/t7-,8+/m1/s1. The van der Waals surface area contributed by atoms with Gasteiger partial charge in [0.15, 0.2) is 0 Å². The first-order chi connectivity index (χ1) is 7.65. The molecule has 0 aliphatic heterocycles. The van der Waals surface area contributed by atoms with Gasteiger partial charge in [0.25, 0.3) is 0 Å². The van der Waals surface area contributed by atoms with E-state index in [1.807, 2.05) is 6.08 Å². The molecule has 0 radical (unpaired) electrons. The number of methoxy groups -OCH3 is 2. The molecule has 0 spiro atoms. The Labute approximate surface area is 93.1 Å². The van der Waals surface area contributed by atoms with Crippen LogP contribution in [0.4, 0.5) is 9.59 Å². The van der Waals surface area contributed by atoms with Crippen molar-refractivity contribution in [2.24, 2.45) is 5.92 Å². The van der Waals surface area contributed by atoms with Crippen LogP contribution < -0.4 is 0 Å². The molecule has 0 aromatic heterocycles. The Morgan fingerprint density at radius 2 is 1.88 bits per heavy atom. The highest BCUT2D eigenvalue weighted by Gasteiger charge is 2.23. The van der Waals surface area contributed by atoms with Crippen molar-refractivity contribution < 1.29 is 28.5 Å². The molecule has 0 saturated heterocycles. The molecule has 0 N–H and O–H groups in total. The predicted octanol–water partition coefficient (Wildman–Crippen LogP) is 1.50. The minimum atomic E-state index is -0.718. The average Bonchev–Trinajstić information content (AvgIpc) is 2.73. The average molecular weight is 230 g/mol. The van der Waals surface area contributed by atoms with Crippen molar-refractivity contribution in [2.45, 2.75) is 12.5 Å². The van der Waals surface area contributed by atoms with Crippen molar-refractivity contribution in [3.8, 4) is 0 Å². The Bertz CT molecular complexity index is 285. The van der Waals surface area contributed by atoms with Crippen LogP contribution in [0.2, 0.25) is 0 Å². The predicted molar refractivity (Wildman–Crippen MR) is 52.9 cm³/mol. The van der Waals surface area contributed by atoms with Crippen LogP contribution in [0.1, 0.15) is 6.42 Å². The van der Waals surface area contributed by atoms with Gasteiger partial charge in [-0.1, -0.05) is 6.08 Å². The summed E-state index contributed by atoms with van der Waals surface area (Å²) in [7, 11) is 2.49. The molecule has 6 nitrogen and oxygen atoms in total. The highest BCUT2D eigenvalue weighted by molar-refractivity contribution is 5.60. The van der Waals surface area contributed by atoms with E-state index >= 15 is 0 Å². The fourth-order valence-corrected chi connectivity index (χ4v) is 1.35. The van der Waals surface area contributed by atoms with E-state index in [2.05, 4.69) is 9.47 Å². The zero-order valence-electron chi connectivity index (χ0n) is 9.17. The van der Waals surface area contributed by atoms with Gasteiger partial charge in [0.05, 0.1) is 14.2 Å². The van der Waals surface area contributed by atoms with Gasteiger partial charge in [0.1, 0.15) is 12.7 Å². The summed E-state index contributed by atoms with van der Waals surface area (Å²) in [5.41, 5.74) is 0. The summed E-state index contributed by atoms with van der Waals surface area (Å²) in [6, 6.07) is 0. The van der Waals surface area contributed by atoms with Crippen molar-refractivity contribution in [1.82, 2.24) is 0 Å². The number of ether oxygens (including phenoxy) is 4. The summed E-state index contributed by atoms with van der Waals surface area (Å²) in [6.07, 6.45) is 2.39. The molecule has 0 aromatic rings. The fraction of sp³-hybridized carbons (Fsp3) is 0.600. The van der Waals surface area contributed by atoms with Crippen LogP contribution in [-0.2, 0) is 18.9 Å². The quantitative estimate of drug-likeness (QED) is 0.540. The van der Waals surface area contributed by atoms with Crippen LogP contribution >= 0.6 is 0 Å². The normalized spacial score (nSPS) is 22.6. The van der Waals surface area contributed by atoms with E-state index in [4.69, 9.17) is 9.47 Å². The third-order valence-electron chi connectivity index (χ3n) is 2.13. The molecule has 0 saturated carbocycles. The first-order valence-electron chi connectivity index (χ1n) is 4.79. The van der Waals surface area contributed by atoms with E-state index in [0.29, 0.717) is 6.42 Å². The van der Waals surface area contributed by atoms with Crippen LogP contribution in [0.5, 0.6) is 0 Å². The van der Waals surface area contributed by atoms with Gasteiger partial charge in [-0.05, 0) is 12.5 Å². The zero-order valence-corrected chi connectivity index (χ0v) is 9.17. The molecule has 0 unspecified atom stereocenters. The third kappa shape index (κ3) is 3.80. The summed E-state index contributed by atoms with van der Waals surface area (Å²) in [6.45, 7) is 0.213. The Morgan fingerprint density at radius 3 is 2.50 bits per heavy atom. The van der Waals surface area contributed by atoms with E-state index in [1.54, 1.807) is 6.08 Å². The minimum absolute atomic E-state index is 0.0359. The highest BCUT2D eigenvalue weighted by atomic mass is 16.7. The van der Waals surface area contributed by atoms with E-state index in [9.17, 15) is 9.59 Å². The number of hydrogen-bond acceptors (Lipinski definition) is 6. The summed E-state index contributed by atoms with van der Waals surface area (Å²) in [5.74, 6) is 0.0359. The van der Waals surface area contributed by atoms with Crippen molar-refractivity contribution in [2.75, 3.05) is 20.8 Å². The topological polar surface area (TPSA) is 71.1 Å². The smallest absolute Gasteiger partial charge is 0.438 e. The molecule has 1 rings (SSSR count). The molecular weight excluding hydrogens is 216 g/mol. The molecule has 0 bridgehead atoms. The summed E-state index contributed by atoms with van der Waals surface area (Å²) in [4.78, 5) is 21.5. The Kier molecular flexibility index (Phi) is 4.63. The molecule has 16 heavy (non-hydrogen) atoms. The molecule has 90 valence electrons. The molecule has 1 aliphatic carbocycles. The molecule has 1 aliphatic rings. The maximum Gasteiger partial charge on any atom is 0.508 e. The van der Waals surface area contributed by atoms with Gasteiger partial charge in [-0.15, -0.1) is 0 Å². The lowest BCUT2D eigenvalue weighted by atomic mass is 10.1. The lowest BCUT2D eigenvalue weighted by Gasteiger charge is -2.12. The Balaban J connectivity index is 2.23. The van der Waals surface area contributed by atoms with Gasteiger partial charge >= 0.3 is 12.3 Å². The van der Waals surface area contributed by atoms with Crippen LogP contribution in [0, 0.1) is 5.92 Å². The van der Waals surface area contributed by atoms with Gasteiger partial charge in [-0.3, -0.25) is 0 Å². The molecule has 6 heteroatoms. The number of carbonyl (C=O) groups excluding carboxylic acids is 2. The Morgan fingerprint density at radius 1 is 1.19 bits per heavy atom. The first kappa shape index (κ1) is 12.4. The van der Waals surface area contributed by atoms with E-state index < -0.39 is 12.3 Å². The van der Waals surface area contributed by atoms with Crippen molar-refractivity contribution in [1.29, 1.82) is 0 Å². The third-order valence-corrected chi connectivity index (χ3v) is 2.13. The van der Waals surface area contributed by atoms with Crippen LogP contribution in [0.15, 0.2) is 12.2 Å². The monoisotopic (exact) mass is 230 g/mol. The van der Waals surface area contributed by atoms with E-state index in [0.717, 1.165) is 0 Å². The van der Waals surface area contributed by atoms with E-state index in [1.165, 1.54) is 14.2 Å². The van der Waals surface area contributed by atoms with Crippen LogP contribution in [-0.4, -0.2) is 39.2 Å². The maximum absolute atomic E-state index is 10.8. The number of rotatable bonds is 3. The summed E-state index contributed by atoms with van der Waals surface area (Å²) < 4.78 is 18.4. The second-order valence-corrected chi connectivity index (χ2v) is 3.26. The largest absolute Gasteiger partial charge is 0.508 e. The van der Waals surface area contributed by atoms with Gasteiger partial charge in [0.2, 0.25) is 0 Å². The first-order valence-corrected chi connectivity index (χ1v) is 4.79. The second-order valence-electron chi connectivity index (χ2n) is 3.26. The summed E-state index contributed by atoms with van der Waals surface area (Å²) in [5, 5.41) is 0. The zero-order chi connectivity index (χ0) is 12.0. The maximum atomic E-state index is 10.8. The molecule has 2 atom stereocenters. The lowest BCUT2D eigenvalue weighted by Crippen LogP contribution is -2.17. The number of carbonyl (C=O) groups is 2.